The Morgan fingerprint density at radius 1 is 1.65 bits per heavy atom. The number of hydrogen-bond donors (Lipinski definition) is 1. The van der Waals surface area contributed by atoms with Crippen molar-refractivity contribution in [1.29, 1.82) is 0 Å². The average molecular weight is 233 g/mol. The highest BCUT2D eigenvalue weighted by atomic mass is 16.2. The van der Waals surface area contributed by atoms with Crippen molar-refractivity contribution < 1.29 is 4.79 Å². The Hall–Kier alpha value is -1.42. The minimum absolute atomic E-state index is 0.0963. The fraction of sp³-hybridized carbons (Fsp3) is 0.538. The van der Waals surface area contributed by atoms with Crippen LogP contribution in [0.1, 0.15) is 29.4 Å². The van der Waals surface area contributed by atoms with Crippen molar-refractivity contribution in [1.82, 2.24) is 9.88 Å². The summed E-state index contributed by atoms with van der Waals surface area (Å²) in [6, 6.07) is 3.90. The maximum absolute atomic E-state index is 12.3. The van der Waals surface area contributed by atoms with E-state index in [1.54, 1.807) is 12.3 Å². The van der Waals surface area contributed by atoms with Gasteiger partial charge in [-0.05, 0) is 44.9 Å². The Morgan fingerprint density at radius 2 is 2.41 bits per heavy atom. The first-order chi connectivity index (χ1) is 8.11. The monoisotopic (exact) mass is 233 g/mol. The molecule has 0 saturated carbocycles. The molecule has 1 fully saturated rings. The van der Waals surface area contributed by atoms with Crippen molar-refractivity contribution in [3.63, 3.8) is 0 Å². The predicted octanol–water partition coefficient (Wildman–Crippen LogP) is 1.20. The minimum atomic E-state index is 0.0963. The van der Waals surface area contributed by atoms with Gasteiger partial charge in [0.2, 0.25) is 0 Å². The Balaban J connectivity index is 2.15. The summed E-state index contributed by atoms with van der Waals surface area (Å²) in [6.07, 6.45) is 2.69. The van der Waals surface area contributed by atoms with Crippen LogP contribution in [-0.2, 0) is 0 Å². The SMILES string of the molecule is Cc1cc(C(=O)N2CC(CN)CC2C)ccn1. The minimum Gasteiger partial charge on any atom is -0.336 e. The van der Waals surface area contributed by atoms with Crippen LogP contribution in [0.25, 0.3) is 0 Å². The van der Waals surface area contributed by atoms with Gasteiger partial charge in [0.15, 0.2) is 0 Å². The second kappa shape index (κ2) is 4.84. The van der Waals surface area contributed by atoms with Crippen LogP contribution in [0.4, 0.5) is 0 Å². The molecule has 2 N–H and O–H groups in total. The Morgan fingerprint density at radius 3 is 3.00 bits per heavy atom. The standard InChI is InChI=1S/C13H19N3O/c1-9-5-12(3-4-15-9)13(17)16-8-11(7-14)6-10(16)2/h3-5,10-11H,6-8,14H2,1-2H3. The molecular weight excluding hydrogens is 214 g/mol. The average Bonchev–Trinajstić information content (AvgIpc) is 2.69. The van der Waals surface area contributed by atoms with Crippen LogP contribution in [0, 0.1) is 12.8 Å². The number of pyridine rings is 1. The molecule has 1 saturated heterocycles. The van der Waals surface area contributed by atoms with Gasteiger partial charge in [0.25, 0.3) is 5.91 Å². The number of carbonyl (C=O) groups is 1. The van der Waals surface area contributed by atoms with E-state index < -0.39 is 0 Å². The normalized spacial score (nSPS) is 24.1. The van der Waals surface area contributed by atoms with E-state index >= 15 is 0 Å². The lowest BCUT2D eigenvalue weighted by atomic mass is 10.1. The molecule has 1 amide bonds. The zero-order chi connectivity index (χ0) is 12.4. The van der Waals surface area contributed by atoms with Crippen molar-refractivity contribution >= 4 is 5.91 Å². The van der Waals surface area contributed by atoms with Crippen LogP contribution in [0.2, 0.25) is 0 Å². The summed E-state index contributed by atoms with van der Waals surface area (Å²) < 4.78 is 0. The molecule has 1 aromatic rings. The number of aromatic nitrogens is 1. The summed E-state index contributed by atoms with van der Waals surface area (Å²) in [7, 11) is 0. The number of amides is 1. The van der Waals surface area contributed by atoms with Crippen molar-refractivity contribution in [2.75, 3.05) is 13.1 Å². The fourth-order valence-electron chi connectivity index (χ4n) is 2.44. The first-order valence-electron chi connectivity index (χ1n) is 6.05. The van der Waals surface area contributed by atoms with Crippen molar-refractivity contribution in [2.45, 2.75) is 26.3 Å². The smallest absolute Gasteiger partial charge is 0.254 e. The maximum Gasteiger partial charge on any atom is 0.254 e. The number of aryl methyl sites for hydroxylation is 1. The van der Waals surface area contributed by atoms with Gasteiger partial charge < -0.3 is 10.6 Å². The van der Waals surface area contributed by atoms with Gasteiger partial charge in [-0.25, -0.2) is 0 Å². The van der Waals surface area contributed by atoms with E-state index in [-0.39, 0.29) is 11.9 Å². The quantitative estimate of drug-likeness (QED) is 0.835. The highest BCUT2D eigenvalue weighted by molar-refractivity contribution is 5.94. The molecule has 0 bridgehead atoms. The Kier molecular flexibility index (Phi) is 3.43. The number of rotatable bonds is 2. The topological polar surface area (TPSA) is 59.2 Å². The van der Waals surface area contributed by atoms with Crippen LogP contribution in [0.15, 0.2) is 18.3 Å². The Labute approximate surface area is 102 Å². The van der Waals surface area contributed by atoms with E-state index in [1.807, 2.05) is 17.9 Å². The Bertz CT molecular complexity index is 419. The lowest BCUT2D eigenvalue weighted by Crippen LogP contribution is -2.34. The van der Waals surface area contributed by atoms with Gasteiger partial charge >= 0.3 is 0 Å². The van der Waals surface area contributed by atoms with Gasteiger partial charge in [0.05, 0.1) is 0 Å². The molecule has 2 unspecified atom stereocenters. The molecule has 0 aliphatic carbocycles. The van der Waals surface area contributed by atoms with E-state index in [0.717, 1.165) is 24.2 Å². The highest BCUT2D eigenvalue weighted by Gasteiger charge is 2.31. The van der Waals surface area contributed by atoms with Crippen LogP contribution in [-0.4, -0.2) is 34.9 Å². The number of likely N-dealkylation sites (tertiary alicyclic amines) is 1. The molecule has 2 atom stereocenters. The second-order valence-electron chi connectivity index (χ2n) is 4.83. The van der Waals surface area contributed by atoms with Gasteiger partial charge in [-0.2, -0.15) is 0 Å². The summed E-state index contributed by atoms with van der Waals surface area (Å²) in [4.78, 5) is 18.4. The molecular formula is C13H19N3O. The number of carbonyl (C=O) groups excluding carboxylic acids is 1. The molecule has 17 heavy (non-hydrogen) atoms. The maximum atomic E-state index is 12.3. The van der Waals surface area contributed by atoms with E-state index in [9.17, 15) is 4.79 Å². The van der Waals surface area contributed by atoms with Crippen molar-refractivity contribution in [3.05, 3.63) is 29.6 Å². The summed E-state index contributed by atoms with van der Waals surface area (Å²) in [6.45, 7) is 5.41. The largest absolute Gasteiger partial charge is 0.336 e. The molecule has 4 nitrogen and oxygen atoms in total. The predicted molar refractivity (Wildman–Crippen MR) is 66.6 cm³/mol. The number of nitrogens with zero attached hydrogens (tertiary/aromatic N) is 2. The van der Waals surface area contributed by atoms with Crippen LogP contribution in [0.3, 0.4) is 0 Å². The fourth-order valence-corrected chi connectivity index (χ4v) is 2.44. The highest BCUT2D eigenvalue weighted by Crippen LogP contribution is 2.24. The lowest BCUT2D eigenvalue weighted by molar-refractivity contribution is 0.0743. The zero-order valence-corrected chi connectivity index (χ0v) is 10.4. The lowest BCUT2D eigenvalue weighted by Gasteiger charge is -2.21. The summed E-state index contributed by atoms with van der Waals surface area (Å²) in [5, 5.41) is 0. The van der Waals surface area contributed by atoms with E-state index in [4.69, 9.17) is 5.73 Å². The van der Waals surface area contributed by atoms with Crippen LogP contribution < -0.4 is 5.73 Å². The van der Waals surface area contributed by atoms with Gasteiger partial charge in [-0.15, -0.1) is 0 Å². The molecule has 1 aliphatic heterocycles. The second-order valence-corrected chi connectivity index (χ2v) is 4.83. The van der Waals surface area contributed by atoms with Crippen molar-refractivity contribution in [3.8, 4) is 0 Å². The van der Waals surface area contributed by atoms with Crippen molar-refractivity contribution in [2.24, 2.45) is 11.7 Å². The van der Waals surface area contributed by atoms with E-state index in [0.29, 0.717) is 12.5 Å². The summed E-state index contributed by atoms with van der Waals surface area (Å²) >= 11 is 0. The van der Waals surface area contributed by atoms with E-state index in [2.05, 4.69) is 11.9 Å². The molecule has 2 rings (SSSR count). The molecule has 1 aromatic heterocycles. The summed E-state index contributed by atoms with van der Waals surface area (Å²) in [5.74, 6) is 0.538. The molecule has 4 heteroatoms. The molecule has 0 spiro atoms. The zero-order valence-electron chi connectivity index (χ0n) is 10.4. The third-order valence-electron chi connectivity index (χ3n) is 3.40. The molecule has 0 radical (unpaired) electrons. The third-order valence-corrected chi connectivity index (χ3v) is 3.40. The number of hydrogen-bond acceptors (Lipinski definition) is 3. The third kappa shape index (κ3) is 2.47. The van der Waals surface area contributed by atoms with Crippen LogP contribution in [0.5, 0.6) is 0 Å². The van der Waals surface area contributed by atoms with Gasteiger partial charge in [0.1, 0.15) is 0 Å². The van der Waals surface area contributed by atoms with Gasteiger partial charge in [-0.3, -0.25) is 9.78 Å². The molecule has 92 valence electrons. The first kappa shape index (κ1) is 12.0. The number of nitrogens with two attached hydrogens (primary N) is 1. The van der Waals surface area contributed by atoms with Crippen LogP contribution >= 0.6 is 0 Å². The van der Waals surface area contributed by atoms with Gasteiger partial charge in [0, 0.05) is 30.0 Å². The molecule has 0 aromatic carbocycles. The van der Waals surface area contributed by atoms with Gasteiger partial charge in [-0.1, -0.05) is 0 Å². The molecule has 1 aliphatic rings. The van der Waals surface area contributed by atoms with E-state index in [1.165, 1.54) is 0 Å². The molecule has 2 heterocycles. The first-order valence-corrected chi connectivity index (χ1v) is 6.05. The summed E-state index contributed by atoms with van der Waals surface area (Å²) in [5.41, 5.74) is 7.27.